The van der Waals surface area contributed by atoms with Gasteiger partial charge in [-0.05, 0) is 32.1 Å². The molecule has 0 aliphatic heterocycles. The summed E-state index contributed by atoms with van der Waals surface area (Å²) >= 11 is 0. The van der Waals surface area contributed by atoms with Gasteiger partial charge in [-0.25, -0.2) is 4.57 Å². The van der Waals surface area contributed by atoms with Crippen LogP contribution in [0.15, 0.2) is 12.2 Å². The highest BCUT2D eigenvalue weighted by Gasteiger charge is 2.20. The van der Waals surface area contributed by atoms with Crippen molar-refractivity contribution in [3.8, 4) is 0 Å². The zero-order valence-electron chi connectivity index (χ0n) is 18.7. The molecule has 0 saturated carbocycles. The van der Waals surface area contributed by atoms with Gasteiger partial charge in [0.15, 0.2) is 0 Å². The Morgan fingerprint density at radius 2 is 1.38 bits per heavy atom. The number of methoxy groups -OCH3 is 1. The van der Waals surface area contributed by atoms with Crippen molar-refractivity contribution in [1.82, 2.24) is 0 Å². The summed E-state index contributed by atoms with van der Waals surface area (Å²) in [7, 11) is -3.52. The maximum Gasteiger partial charge on any atom is 0.510 e. The van der Waals surface area contributed by atoms with E-state index in [-0.39, 0.29) is 13.2 Å². The lowest BCUT2D eigenvalue weighted by atomic mass is 10.1. The van der Waals surface area contributed by atoms with Crippen LogP contribution < -0.4 is 0 Å². The first-order chi connectivity index (χ1) is 14.0. The quantitative estimate of drug-likeness (QED) is 0.111. The molecule has 2 atom stereocenters. The Morgan fingerprint density at radius 1 is 0.862 bits per heavy atom. The topological polar surface area (TPSA) is 65.0 Å². The van der Waals surface area contributed by atoms with E-state index in [9.17, 15) is 8.76 Å². The van der Waals surface area contributed by atoms with Crippen LogP contribution in [0.3, 0.4) is 0 Å². The maximum absolute atomic E-state index is 12.4. The Hall–Kier alpha value is -0.260. The summed E-state index contributed by atoms with van der Waals surface area (Å²) < 4.78 is 37.6. The van der Waals surface area contributed by atoms with Crippen molar-refractivity contribution >= 4 is 7.91 Å². The van der Waals surface area contributed by atoms with E-state index < -0.39 is 14.0 Å². The van der Waals surface area contributed by atoms with Gasteiger partial charge >= 0.3 is 7.91 Å². The molecule has 0 fully saturated rings. The van der Waals surface area contributed by atoms with Crippen LogP contribution in [-0.4, -0.2) is 37.9 Å². The van der Waals surface area contributed by atoms with Crippen LogP contribution in [0.1, 0.15) is 96.8 Å². The summed E-state index contributed by atoms with van der Waals surface area (Å²) in [5.41, 5.74) is 0. The average Bonchev–Trinajstić information content (AvgIpc) is 2.68. The minimum Gasteiger partial charge on any atom is -0.379 e. The molecule has 5 nitrogen and oxygen atoms in total. The number of unbranched alkanes of at least 4 members (excludes halogenated alkanes) is 12. The monoisotopic (exact) mass is 438 g/mol. The smallest absolute Gasteiger partial charge is 0.379 e. The Labute approximate surface area is 178 Å². The molecule has 0 aromatic heterocycles. The van der Waals surface area contributed by atoms with Gasteiger partial charge in [0, 0.05) is 13.7 Å². The van der Waals surface area contributed by atoms with Gasteiger partial charge in [0.05, 0.1) is 13.2 Å². The van der Waals surface area contributed by atoms with Gasteiger partial charge in [-0.1, -0.05) is 76.9 Å². The first-order valence-corrected chi connectivity index (χ1v) is 12.9. The van der Waals surface area contributed by atoms with Crippen molar-refractivity contribution < 1.29 is 27.7 Å². The van der Waals surface area contributed by atoms with E-state index >= 15 is 0 Å². The van der Waals surface area contributed by atoms with Crippen molar-refractivity contribution in [3.05, 3.63) is 12.2 Å². The second-order valence-electron chi connectivity index (χ2n) is 7.62. The first kappa shape index (κ1) is 28.7. The van der Waals surface area contributed by atoms with Crippen molar-refractivity contribution in [3.63, 3.8) is 0 Å². The molecule has 0 spiro atoms. The van der Waals surface area contributed by atoms with Crippen molar-refractivity contribution in [2.75, 3.05) is 26.9 Å². The SMILES string of the molecule is CCCCCCCC/C=C/CCCCCCCCOCC(COP(=O)(O)F)OC. The van der Waals surface area contributed by atoms with Crippen molar-refractivity contribution in [2.45, 2.75) is 103 Å². The number of ether oxygens (including phenoxy) is 2. The lowest BCUT2D eigenvalue weighted by Crippen LogP contribution is -2.23. The minimum absolute atomic E-state index is 0.224. The Kier molecular flexibility index (Phi) is 20.8. The molecule has 0 heterocycles. The zero-order valence-corrected chi connectivity index (χ0v) is 19.6. The highest BCUT2D eigenvalue weighted by Crippen LogP contribution is 2.43. The molecule has 2 unspecified atom stereocenters. The maximum atomic E-state index is 12.4. The van der Waals surface area contributed by atoms with E-state index in [0.717, 1.165) is 12.8 Å². The van der Waals surface area contributed by atoms with Crippen LogP contribution >= 0.6 is 7.91 Å². The highest BCUT2D eigenvalue weighted by atomic mass is 31.2. The Balaban J connectivity index is 3.30. The van der Waals surface area contributed by atoms with Crippen LogP contribution in [0.4, 0.5) is 4.20 Å². The molecule has 0 aromatic carbocycles. The first-order valence-electron chi connectivity index (χ1n) is 11.4. The predicted molar refractivity (Wildman–Crippen MR) is 118 cm³/mol. The summed E-state index contributed by atoms with van der Waals surface area (Å²) in [6, 6.07) is 0. The molecular formula is C22H44FO5P. The summed E-state index contributed by atoms with van der Waals surface area (Å²) in [6.07, 6.45) is 21.8. The molecule has 0 bridgehead atoms. The van der Waals surface area contributed by atoms with E-state index in [1.807, 2.05) is 0 Å². The number of allylic oxidation sites excluding steroid dienone is 2. The van der Waals surface area contributed by atoms with Crippen molar-refractivity contribution in [1.29, 1.82) is 0 Å². The fraction of sp³-hybridized carbons (Fsp3) is 0.909. The van der Waals surface area contributed by atoms with Crippen LogP contribution in [0.2, 0.25) is 0 Å². The summed E-state index contributed by atoms with van der Waals surface area (Å²) in [5, 5.41) is 0. The Morgan fingerprint density at radius 3 is 1.90 bits per heavy atom. The van der Waals surface area contributed by atoms with Crippen LogP contribution in [0.25, 0.3) is 0 Å². The van der Waals surface area contributed by atoms with E-state index in [2.05, 4.69) is 23.6 Å². The summed E-state index contributed by atoms with van der Waals surface area (Å²) in [4.78, 5) is 8.46. The number of hydrogen-bond donors (Lipinski definition) is 1. The van der Waals surface area contributed by atoms with Crippen LogP contribution in [-0.2, 0) is 18.6 Å². The minimum atomic E-state index is -4.95. The summed E-state index contributed by atoms with van der Waals surface area (Å²) in [5.74, 6) is 0. The number of halogens is 1. The third-order valence-corrected chi connectivity index (χ3v) is 5.32. The fourth-order valence-electron chi connectivity index (χ4n) is 3.03. The van der Waals surface area contributed by atoms with Crippen LogP contribution in [0, 0.1) is 0 Å². The molecule has 1 N–H and O–H groups in total. The van der Waals surface area contributed by atoms with Gasteiger partial charge in [0.25, 0.3) is 0 Å². The largest absolute Gasteiger partial charge is 0.510 e. The molecule has 0 rings (SSSR count). The fourth-order valence-corrected chi connectivity index (χ4v) is 3.38. The van der Waals surface area contributed by atoms with E-state index in [1.54, 1.807) is 0 Å². The number of rotatable bonds is 22. The average molecular weight is 439 g/mol. The molecule has 0 radical (unpaired) electrons. The third-order valence-electron chi connectivity index (χ3n) is 4.86. The molecule has 0 aliphatic carbocycles. The predicted octanol–water partition coefficient (Wildman–Crippen LogP) is 7.14. The van der Waals surface area contributed by atoms with Gasteiger partial charge in [-0.3, -0.25) is 9.42 Å². The van der Waals surface area contributed by atoms with E-state index in [1.165, 1.54) is 84.2 Å². The molecule has 174 valence electrons. The van der Waals surface area contributed by atoms with E-state index in [4.69, 9.17) is 14.4 Å². The second-order valence-corrected chi connectivity index (χ2v) is 8.78. The molecule has 29 heavy (non-hydrogen) atoms. The second kappa shape index (κ2) is 21.0. The molecule has 0 aromatic rings. The summed E-state index contributed by atoms with van der Waals surface area (Å²) in [6.45, 7) is 2.79. The normalized spacial score (nSPS) is 15.0. The lowest BCUT2D eigenvalue weighted by molar-refractivity contribution is -0.0186. The van der Waals surface area contributed by atoms with Crippen molar-refractivity contribution in [2.24, 2.45) is 0 Å². The zero-order chi connectivity index (χ0) is 21.6. The Bertz CT molecular complexity index is 414. The van der Waals surface area contributed by atoms with Gasteiger partial charge in [0.1, 0.15) is 6.10 Å². The van der Waals surface area contributed by atoms with Gasteiger partial charge in [0.2, 0.25) is 0 Å². The highest BCUT2D eigenvalue weighted by molar-refractivity contribution is 7.46. The molecular weight excluding hydrogens is 394 g/mol. The van der Waals surface area contributed by atoms with Gasteiger partial charge in [-0.15, -0.1) is 4.20 Å². The molecule has 0 amide bonds. The lowest BCUT2D eigenvalue weighted by Gasteiger charge is -2.15. The van der Waals surface area contributed by atoms with Gasteiger partial charge in [-0.2, -0.15) is 0 Å². The third kappa shape index (κ3) is 23.9. The van der Waals surface area contributed by atoms with Gasteiger partial charge < -0.3 is 9.47 Å². The molecule has 7 heteroatoms. The molecule has 0 saturated heterocycles. The standard InChI is InChI=1S/C22H44FO5P/c1-3-4-5-6-7-8-9-10-11-12-13-14-15-16-17-18-19-27-20-22(26-2)21-28-29(23,24)25/h10-11,22H,3-9,12-21H2,1-2H3,(H,24,25)/b11-10+. The van der Waals surface area contributed by atoms with E-state index in [0.29, 0.717) is 6.61 Å². The molecule has 0 aliphatic rings. The number of hydrogen-bond acceptors (Lipinski definition) is 4. The van der Waals surface area contributed by atoms with Crippen LogP contribution in [0.5, 0.6) is 0 Å².